The Labute approximate surface area is 103 Å². The molecule has 1 aliphatic heterocycles. The van der Waals surface area contributed by atoms with Crippen LogP contribution in [-0.2, 0) is 4.79 Å². The summed E-state index contributed by atoms with van der Waals surface area (Å²) >= 11 is 4.24. The van der Waals surface area contributed by atoms with Crippen LogP contribution in [0.4, 0.5) is 11.5 Å². The number of nitro groups is 1. The summed E-state index contributed by atoms with van der Waals surface area (Å²) in [7, 11) is 0. The van der Waals surface area contributed by atoms with Crippen molar-refractivity contribution in [1.29, 1.82) is 0 Å². The molecule has 1 saturated heterocycles. The average molecular weight is 253 g/mol. The van der Waals surface area contributed by atoms with Gasteiger partial charge in [0.15, 0.2) is 0 Å². The first-order chi connectivity index (χ1) is 7.99. The van der Waals surface area contributed by atoms with Gasteiger partial charge in [0.05, 0.1) is 4.92 Å². The molecule has 1 amide bonds. The molecule has 17 heavy (non-hydrogen) atoms. The Bertz CT molecular complexity index is 492. The number of amides is 1. The first-order valence-electron chi connectivity index (χ1n) is 5.08. The minimum absolute atomic E-state index is 0.000187. The van der Waals surface area contributed by atoms with Crippen LogP contribution in [0, 0.1) is 17.0 Å². The molecule has 0 aromatic carbocycles. The average Bonchev–Trinajstić information content (AvgIpc) is 2.57. The minimum atomic E-state index is -0.487. The number of aryl methyl sites for hydroxylation is 1. The number of nitrogens with zero attached hydrogens (tertiary/aromatic N) is 3. The van der Waals surface area contributed by atoms with Gasteiger partial charge in [0, 0.05) is 23.8 Å². The molecule has 90 valence electrons. The fraction of sp³-hybridized carbons (Fsp3) is 0.400. The predicted molar refractivity (Wildman–Crippen MR) is 65.4 cm³/mol. The third-order valence-corrected chi connectivity index (χ3v) is 2.99. The number of hydrogen-bond acceptors (Lipinski definition) is 5. The normalized spacial score (nSPS) is 19.8. The molecule has 1 aromatic heterocycles. The third kappa shape index (κ3) is 2.23. The first-order valence-corrected chi connectivity index (χ1v) is 5.60. The van der Waals surface area contributed by atoms with Crippen molar-refractivity contribution < 1.29 is 9.72 Å². The summed E-state index contributed by atoms with van der Waals surface area (Å²) in [5.41, 5.74) is 0.457. The summed E-state index contributed by atoms with van der Waals surface area (Å²) in [6.07, 6.45) is 1.56. The van der Waals surface area contributed by atoms with Crippen molar-refractivity contribution in [2.45, 2.75) is 18.6 Å². The van der Waals surface area contributed by atoms with Gasteiger partial charge in [-0.2, -0.15) is 12.6 Å². The number of thiol groups is 1. The van der Waals surface area contributed by atoms with Crippen LogP contribution >= 0.6 is 12.6 Å². The first kappa shape index (κ1) is 11.8. The fourth-order valence-corrected chi connectivity index (χ4v) is 2.10. The van der Waals surface area contributed by atoms with E-state index in [0.717, 1.165) is 0 Å². The SMILES string of the molecule is Cc1cc(N2CC(S)CC2=O)ncc1[N+](=O)[O-]. The Balaban J connectivity index is 2.32. The fourth-order valence-electron chi connectivity index (χ4n) is 1.78. The van der Waals surface area contributed by atoms with E-state index >= 15 is 0 Å². The summed E-state index contributed by atoms with van der Waals surface area (Å²) in [6, 6.07) is 1.56. The van der Waals surface area contributed by atoms with Crippen molar-refractivity contribution in [3.05, 3.63) is 27.9 Å². The Morgan fingerprint density at radius 3 is 2.82 bits per heavy atom. The number of hydrogen-bond donors (Lipinski definition) is 1. The van der Waals surface area contributed by atoms with Gasteiger partial charge in [-0.25, -0.2) is 4.98 Å². The molecule has 0 aliphatic carbocycles. The lowest BCUT2D eigenvalue weighted by molar-refractivity contribution is -0.385. The van der Waals surface area contributed by atoms with Crippen LogP contribution in [0.3, 0.4) is 0 Å². The van der Waals surface area contributed by atoms with Crippen molar-refractivity contribution in [2.75, 3.05) is 11.4 Å². The molecule has 6 nitrogen and oxygen atoms in total. The van der Waals surface area contributed by atoms with Crippen molar-refractivity contribution in [3.8, 4) is 0 Å². The smallest absolute Gasteiger partial charge is 0.290 e. The van der Waals surface area contributed by atoms with Gasteiger partial charge in [0.1, 0.15) is 12.0 Å². The van der Waals surface area contributed by atoms with Crippen LogP contribution < -0.4 is 4.90 Å². The summed E-state index contributed by atoms with van der Waals surface area (Å²) in [4.78, 5) is 27.2. The van der Waals surface area contributed by atoms with Crippen LogP contribution in [0.1, 0.15) is 12.0 Å². The monoisotopic (exact) mass is 253 g/mol. The lowest BCUT2D eigenvalue weighted by Gasteiger charge is -2.14. The van der Waals surface area contributed by atoms with Crippen molar-refractivity contribution in [1.82, 2.24) is 4.98 Å². The molecule has 1 unspecified atom stereocenters. The summed E-state index contributed by atoms with van der Waals surface area (Å²) in [5, 5.41) is 10.6. The molecular formula is C10H11N3O3S. The highest BCUT2D eigenvalue weighted by Gasteiger charge is 2.29. The van der Waals surface area contributed by atoms with E-state index in [0.29, 0.717) is 24.3 Å². The molecule has 0 spiro atoms. The Morgan fingerprint density at radius 2 is 2.35 bits per heavy atom. The molecule has 2 rings (SSSR count). The number of rotatable bonds is 2. The topological polar surface area (TPSA) is 76.3 Å². The third-order valence-electron chi connectivity index (χ3n) is 2.65. The van der Waals surface area contributed by atoms with Crippen molar-refractivity contribution in [2.24, 2.45) is 0 Å². The molecule has 7 heteroatoms. The highest BCUT2D eigenvalue weighted by molar-refractivity contribution is 7.81. The molecule has 2 heterocycles. The number of aromatic nitrogens is 1. The van der Waals surface area contributed by atoms with E-state index in [4.69, 9.17) is 0 Å². The van der Waals surface area contributed by atoms with Gasteiger partial charge in [0.25, 0.3) is 5.69 Å². The van der Waals surface area contributed by atoms with E-state index in [1.807, 2.05) is 0 Å². The Kier molecular flexibility index (Phi) is 3.01. The zero-order valence-electron chi connectivity index (χ0n) is 9.16. The molecule has 1 fully saturated rings. The second-order valence-electron chi connectivity index (χ2n) is 3.95. The molecule has 1 aromatic rings. The molecule has 1 aliphatic rings. The predicted octanol–water partition coefficient (Wildman–Crippen LogP) is 1.33. The zero-order valence-corrected chi connectivity index (χ0v) is 10.1. The molecule has 1 atom stereocenters. The molecule has 0 radical (unpaired) electrons. The summed E-state index contributed by atoms with van der Waals surface area (Å²) in [6.45, 7) is 2.12. The van der Waals surface area contributed by atoms with Crippen LogP contribution in [-0.4, -0.2) is 27.6 Å². The summed E-state index contributed by atoms with van der Waals surface area (Å²) in [5.74, 6) is 0.403. The van der Waals surface area contributed by atoms with Crippen LogP contribution in [0.15, 0.2) is 12.3 Å². The number of carbonyl (C=O) groups is 1. The lowest BCUT2D eigenvalue weighted by atomic mass is 10.2. The van der Waals surface area contributed by atoms with E-state index < -0.39 is 4.92 Å². The molecule has 0 N–H and O–H groups in total. The Hall–Kier alpha value is -1.63. The minimum Gasteiger partial charge on any atom is -0.296 e. The quantitative estimate of drug-likeness (QED) is 0.490. The van der Waals surface area contributed by atoms with Crippen LogP contribution in [0.5, 0.6) is 0 Å². The van der Waals surface area contributed by atoms with E-state index in [2.05, 4.69) is 17.6 Å². The van der Waals surface area contributed by atoms with E-state index in [-0.39, 0.29) is 16.8 Å². The van der Waals surface area contributed by atoms with E-state index in [1.54, 1.807) is 13.0 Å². The molecular weight excluding hydrogens is 242 g/mol. The Morgan fingerprint density at radius 1 is 1.65 bits per heavy atom. The lowest BCUT2D eigenvalue weighted by Crippen LogP contribution is -2.25. The van der Waals surface area contributed by atoms with Crippen molar-refractivity contribution in [3.63, 3.8) is 0 Å². The van der Waals surface area contributed by atoms with Gasteiger partial charge in [-0.3, -0.25) is 19.8 Å². The van der Waals surface area contributed by atoms with Gasteiger partial charge in [0.2, 0.25) is 5.91 Å². The van der Waals surface area contributed by atoms with Gasteiger partial charge in [-0.05, 0) is 13.0 Å². The standard InChI is InChI=1S/C10H11N3O3S/c1-6-2-9(11-4-8(6)13(15)16)12-5-7(17)3-10(12)14/h2,4,7,17H,3,5H2,1H3. The van der Waals surface area contributed by atoms with Crippen LogP contribution in [0.25, 0.3) is 0 Å². The number of pyridine rings is 1. The van der Waals surface area contributed by atoms with Crippen LogP contribution in [0.2, 0.25) is 0 Å². The number of anilines is 1. The summed E-state index contributed by atoms with van der Waals surface area (Å²) < 4.78 is 0. The largest absolute Gasteiger partial charge is 0.296 e. The van der Waals surface area contributed by atoms with Gasteiger partial charge in [-0.1, -0.05) is 0 Å². The second-order valence-corrected chi connectivity index (χ2v) is 4.68. The van der Waals surface area contributed by atoms with Gasteiger partial charge in [-0.15, -0.1) is 0 Å². The van der Waals surface area contributed by atoms with E-state index in [9.17, 15) is 14.9 Å². The zero-order chi connectivity index (χ0) is 12.6. The van der Waals surface area contributed by atoms with Gasteiger partial charge < -0.3 is 0 Å². The highest BCUT2D eigenvalue weighted by atomic mass is 32.1. The van der Waals surface area contributed by atoms with E-state index in [1.165, 1.54) is 11.1 Å². The molecule has 0 bridgehead atoms. The van der Waals surface area contributed by atoms with Gasteiger partial charge >= 0.3 is 0 Å². The molecule has 0 saturated carbocycles. The second kappa shape index (κ2) is 4.33. The highest BCUT2D eigenvalue weighted by Crippen LogP contribution is 2.26. The maximum atomic E-state index is 11.6. The maximum absolute atomic E-state index is 11.6. The van der Waals surface area contributed by atoms with Crippen molar-refractivity contribution >= 4 is 30.0 Å². The maximum Gasteiger partial charge on any atom is 0.290 e. The number of carbonyl (C=O) groups excluding carboxylic acids is 1.